The van der Waals surface area contributed by atoms with Crippen molar-refractivity contribution >= 4 is 21.6 Å². The van der Waals surface area contributed by atoms with Crippen molar-refractivity contribution in [1.82, 2.24) is 4.72 Å². The highest BCUT2D eigenvalue weighted by Crippen LogP contribution is 2.19. The van der Waals surface area contributed by atoms with Gasteiger partial charge >= 0.3 is 0 Å². The van der Waals surface area contributed by atoms with Crippen LogP contribution in [0.25, 0.3) is 0 Å². The monoisotopic (exact) mass is 360 g/mol. The van der Waals surface area contributed by atoms with Gasteiger partial charge in [-0.05, 0) is 61.7 Å². The van der Waals surface area contributed by atoms with Crippen molar-refractivity contribution in [3.05, 3.63) is 59.2 Å². The summed E-state index contributed by atoms with van der Waals surface area (Å²) in [5.41, 5.74) is 3.77. The molecule has 0 spiro atoms. The largest absolute Gasteiger partial charge is 0.311 e. The molecule has 0 aliphatic heterocycles. The van der Waals surface area contributed by atoms with Crippen molar-refractivity contribution in [2.24, 2.45) is 0 Å². The molecule has 0 unspecified atom stereocenters. The van der Waals surface area contributed by atoms with Gasteiger partial charge in [0.15, 0.2) is 0 Å². The topological polar surface area (TPSA) is 66.5 Å². The van der Waals surface area contributed by atoms with Crippen LogP contribution in [0, 0.1) is 20.8 Å². The molecule has 0 aromatic heterocycles. The van der Waals surface area contributed by atoms with Gasteiger partial charge in [-0.3, -0.25) is 4.79 Å². The predicted octanol–water partition coefficient (Wildman–Crippen LogP) is 2.94. The number of aryl methyl sites for hydroxylation is 3. The van der Waals surface area contributed by atoms with Crippen molar-refractivity contribution in [2.75, 3.05) is 18.0 Å². The normalized spacial score (nSPS) is 11.4. The van der Waals surface area contributed by atoms with Crippen molar-refractivity contribution in [3.8, 4) is 0 Å². The van der Waals surface area contributed by atoms with Crippen LogP contribution in [0.1, 0.15) is 23.6 Å². The maximum atomic E-state index is 12.4. The third-order valence-corrected chi connectivity index (χ3v) is 5.28. The number of nitrogens with zero attached hydrogens (tertiary/aromatic N) is 1. The van der Waals surface area contributed by atoms with Crippen molar-refractivity contribution in [3.63, 3.8) is 0 Å². The molecule has 2 aromatic carbocycles. The highest BCUT2D eigenvalue weighted by atomic mass is 32.2. The van der Waals surface area contributed by atoms with Crippen LogP contribution in [0.2, 0.25) is 0 Å². The maximum absolute atomic E-state index is 12.4. The molecule has 0 heterocycles. The van der Waals surface area contributed by atoms with E-state index in [-0.39, 0.29) is 23.9 Å². The molecule has 0 saturated heterocycles. The number of rotatable bonds is 6. The predicted molar refractivity (Wildman–Crippen MR) is 100 cm³/mol. The lowest BCUT2D eigenvalue weighted by molar-refractivity contribution is -0.116. The summed E-state index contributed by atoms with van der Waals surface area (Å²) in [7, 11) is -3.59. The number of anilines is 1. The summed E-state index contributed by atoms with van der Waals surface area (Å²) in [4.78, 5) is 13.8. The number of carbonyl (C=O) groups is 1. The van der Waals surface area contributed by atoms with E-state index >= 15 is 0 Å². The second kappa shape index (κ2) is 7.80. The summed E-state index contributed by atoms with van der Waals surface area (Å²) >= 11 is 0. The Kier molecular flexibility index (Phi) is 5.98. The summed E-state index contributed by atoms with van der Waals surface area (Å²) in [5.74, 6) is -0.125. The zero-order valence-corrected chi connectivity index (χ0v) is 15.9. The van der Waals surface area contributed by atoms with E-state index in [2.05, 4.69) is 4.72 Å². The van der Waals surface area contributed by atoms with Crippen LogP contribution < -0.4 is 9.62 Å². The summed E-state index contributed by atoms with van der Waals surface area (Å²) < 4.78 is 27.3. The summed E-state index contributed by atoms with van der Waals surface area (Å²) in [6, 6.07) is 12.6. The molecule has 1 N–H and O–H groups in total. The highest BCUT2D eigenvalue weighted by molar-refractivity contribution is 7.89. The number of nitrogens with one attached hydrogen (secondary N) is 1. The Balaban J connectivity index is 2.10. The molecule has 134 valence electrons. The zero-order chi connectivity index (χ0) is 18.6. The van der Waals surface area contributed by atoms with Gasteiger partial charge in [0.25, 0.3) is 0 Å². The standard InChI is InChI=1S/C19H24N2O3S/c1-14-6-5-7-19(13-14)25(23,24)20-8-9-21(17(4)22)18-11-15(2)10-16(3)12-18/h5-7,10-13,20H,8-9H2,1-4H3. The van der Waals surface area contributed by atoms with Gasteiger partial charge in [0, 0.05) is 25.7 Å². The third kappa shape index (κ3) is 5.14. The average molecular weight is 360 g/mol. The van der Waals surface area contributed by atoms with Crippen LogP contribution in [-0.4, -0.2) is 27.4 Å². The van der Waals surface area contributed by atoms with E-state index < -0.39 is 10.0 Å². The van der Waals surface area contributed by atoms with Crippen LogP contribution in [0.5, 0.6) is 0 Å². The van der Waals surface area contributed by atoms with Crippen molar-refractivity contribution in [2.45, 2.75) is 32.6 Å². The van der Waals surface area contributed by atoms with E-state index in [1.807, 2.05) is 45.0 Å². The lowest BCUT2D eigenvalue weighted by Gasteiger charge is -2.22. The maximum Gasteiger partial charge on any atom is 0.240 e. The van der Waals surface area contributed by atoms with Crippen LogP contribution in [0.3, 0.4) is 0 Å². The molecular formula is C19H24N2O3S. The van der Waals surface area contributed by atoms with Gasteiger partial charge in [0.05, 0.1) is 4.90 Å². The number of hydrogen-bond donors (Lipinski definition) is 1. The molecule has 0 aliphatic rings. The van der Waals surface area contributed by atoms with Gasteiger partial charge in [0.2, 0.25) is 15.9 Å². The Morgan fingerprint density at radius 2 is 1.64 bits per heavy atom. The van der Waals surface area contributed by atoms with E-state index in [1.165, 1.54) is 6.92 Å². The Hall–Kier alpha value is -2.18. The van der Waals surface area contributed by atoms with E-state index in [1.54, 1.807) is 23.1 Å². The van der Waals surface area contributed by atoms with Crippen LogP contribution in [0.15, 0.2) is 47.4 Å². The van der Waals surface area contributed by atoms with E-state index in [0.717, 1.165) is 22.4 Å². The number of hydrogen-bond acceptors (Lipinski definition) is 3. The van der Waals surface area contributed by atoms with Gasteiger partial charge < -0.3 is 4.90 Å². The first-order chi connectivity index (χ1) is 11.7. The van der Waals surface area contributed by atoms with Crippen LogP contribution >= 0.6 is 0 Å². The van der Waals surface area contributed by atoms with Gasteiger partial charge in [-0.15, -0.1) is 0 Å². The molecule has 5 nitrogen and oxygen atoms in total. The lowest BCUT2D eigenvalue weighted by Crippen LogP contribution is -2.37. The molecule has 6 heteroatoms. The zero-order valence-electron chi connectivity index (χ0n) is 15.0. The molecule has 0 fully saturated rings. The van der Waals surface area contributed by atoms with E-state index in [4.69, 9.17) is 0 Å². The van der Waals surface area contributed by atoms with Crippen molar-refractivity contribution in [1.29, 1.82) is 0 Å². The lowest BCUT2D eigenvalue weighted by atomic mass is 10.1. The fourth-order valence-corrected chi connectivity index (χ4v) is 3.86. The molecular weight excluding hydrogens is 336 g/mol. The second-order valence-electron chi connectivity index (χ2n) is 6.23. The molecule has 2 aromatic rings. The Bertz CT molecular complexity index is 856. The second-order valence-corrected chi connectivity index (χ2v) is 8.00. The minimum atomic E-state index is -3.59. The smallest absolute Gasteiger partial charge is 0.240 e. The van der Waals surface area contributed by atoms with Crippen molar-refractivity contribution < 1.29 is 13.2 Å². The van der Waals surface area contributed by atoms with E-state index in [9.17, 15) is 13.2 Å². The Morgan fingerprint density at radius 1 is 1.00 bits per heavy atom. The summed E-state index contributed by atoms with van der Waals surface area (Å²) in [5, 5.41) is 0. The SMILES string of the molecule is CC(=O)N(CCNS(=O)(=O)c1cccc(C)c1)c1cc(C)cc(C)c1. The Morgan fingerprint density at radius 3 is 2.20 bits per heavy atom. The molecule has 0 aliphatic carbocycles. The van der Waals surface area contributed by atoms with Gasteiger partial charge in [-0.25, -0.2) is 13.1 Å². The fraction of sp³-hybridized carbons (Fsp3) is 0.316. The minimum absolute atomic E-state index is 0.125. The number of benzene rings is 2. The van der Waals surface area contributed by atoms with Crippen LogP contribution in [-0.2, 0) is 14.8 Å². The first-order valence-corrected chi connectivity index (χ1v) is 9.60. The third-order valence-electron chi connectivity index (χ3n) is 3.83. The molecule has 0 saturated carbocycles. The van der Waals surface area contributed by atoms with Gasteiger partial charge in [0.1, 0.15) is 0 Å². The first-order valence-electron chi connectivity index (χ1n) is 8.12. The average Bonchev–Trinajstić information content (AvgIpc) is 2.50. The van der Waals surface area contributed by atoms with Crippen LogP contribution in [0.4, 0.5) is 5.69 Å². The van der Waals surface area contributed by atoms with Gasteiger partial charge in [-0.2, -0.15) is 0 Å². The highest BCUT2D eigenvalue weighted by Gasteiger charge is 2.16. The molecule has 1 amide bonds. The summed E-state index contributed by atoms with van der Waals surface area (Å²) in [6.07, 6.45) is 0. The Labute approximate surface area is 149 Å². The molecule has 0 bridgehead atoms. The number of sulfonamides is 1. The summed E-state index contributed by atoms with van der Waals surface area (Å²) in [6.45, 7) is 7.67. The molecule has 2 rings (SSSR count). The minimum Gasteiger partial charge on any atom is -0.311 e. The fourth-order valence-electron chi connectivity index (χ4n) is 2.73. The quantitative estimate of drug-likeness (QED) is 0.861. The van der Waals surface area contributed by atoms with Gasteiger partial charge in [-0.1, -0.05) is 18.2 Å². The first kappa shape index (κ1) is 19.1. The number of amides is 1. The molecule has 0 radical (unpaired) electrons. The number of carbonyl (C=O) groups excluding carboxylic acids is 1. The van der Waals surface area contributed by atoms with E-state index in [0.29, 0.717) is 0 Å². The molecule has 0 atom stereocenters. The molecule has 25 heavy (non-hydrogen) atoms.